The zero-order valence-corrected chi connectivity index (χ0v) is 12.6. The van der Waals surface area contributed by atoms with Gasteiger partial charge in [0.15, 0.2) is 0 Å². The van der Waals surface area contributed by atoms with Crippen LogP contribution in [0.1, 0.15) is 0 Å². The second-order valence-electron chi connectivity index (χ2n) is 3.66. The molecule has 0 unspecified atom stereocenters. The summed E-state index contributed by atoms with van der Waals surface area (Å²) < 4.78 is 0.598. The van der Waals surface area contributed by atoms with Crippen LogP contribution in [0.2, 0.25) is 5.02 Å². The third-order valence-corrected chi connectivity index (χ3v) is 3.79. The van der Waals surface area contributed by atoms with E-state index in [-0.39, 0.29) is 17.5 Å². The number of aromatic nitrogens is 2. The molecule has 1 heterocycles. The monoisotopic (exact) mass is 357 g/mol. The Labute approximate surface area is 127 Å². The Hall–Kier alpha value is -1.93. The van der Waals surface area contributed by atoms with Gasteiger partial charge >= 0.3 is 5.69 Å². The maximum absolute atomic E-state index is 11.0. The maximum atomic E-state index is 11.0. The molecule has 0 atom stereocenters. The minimum Gasteiger partial charge on any atom is -0.357 e. The van der Waals surface area contributed by atoms with E-state index in [1.807, 2.05) is 0 Å². The van der Waals surface area contributed by atoms with Gasteiger partial charge in [0.2, 0.25) is 11.8 Å². The smallest absolute Gasteiger partial charge is 0.329 e. The summed E-state index contributed by atoms with van der Waals surface area (Å²) in [6, 6.07) is 5.15. The van der Waals surface area contributed by atoms with Gasteiger partial charge in [-0.3, -0.25) is 10.1 Å². The van der Waals surface area contributed by atoms with Crippen molar-refractivity contribution in [1.29, 1.82) is 0 Å². The minimum absolute atomic E-state index is 0.0808. The lowest BCUT2D eigenvalue weighted by atomic mass is 10.3. The van der Waals surface area contributed by atoms with Crippen LogP contribution in [0.25, 0.3) is 0 Å². The molecule has 0 bridgehead atoms. The quantitative estimate of drug-likeness (QED) is 0.641. The molecule has 0 spiro atoms. The average molecular weight is 359 g/mol. The van der Waals surface area contributed by atoms with Gasteiger partial charge in [-0.15, -0.1) is 0 Å². The molecule has 20 heavy (non-hydrogen) atoms. The first-order valence-electron chi connectivity index (χ1n) is 5.43. The third-order valence-electron chi connectivity index (χ3n) is 2.39. The number of anilines is 3. The molecule has 2 N–H and O–H groups in total. The summed E-state index contributed by atoms with van der Waals surface area (Å²) in [4.78, 5) is 18.3. The van der Waals surface area contributed by atoms with Gasteiger partial charge in [0.1, 0.15) is 6.20 Å². The minimum atomic E-state index is -0.555. The molecule has 2 rings (SSSR count). The molecule has 7 nitrogen and oxygen atoms in total. The lowest BCUT2D eigenvalue weighted by molar-refractivity contribution is -0.384. The topological polar surface area (TPSA) is 93.0 Å². The molecule has 0 aliphatic carbocycles. The van der Waals surface area contributed by atoms with Crippen molar-refractivity contribution >= 4 is 50.7 Å². The van der Waals surface area contributed by atoms with Crippen molar-refractivity contribution in [3.8, 4) is 0 Å². The Morgan fingerprint density at radius 1 is 1.45 bits per heavy atom. The van der Waals surface area contributed by atoms with Crippen LogP contribution in [-0.4, -0.2) is 21.9 Å². The fourth-order valence-corrected chi connectivity index (χ4v) is 1.99. The Balaban J connectivity index is 2.46. The largest absolute Gasteiger partial charge is 0.357 e. The van der Waals surface area contributed by atoms with Gasteiger partial charge in [0.05, 0.1) is 20.1 Å². The first-order chi connectivity index (χ1) is 9.52. The molecule has 0 aliphatic heterocycles. The number of hydrogen-bond acceptors (Lipinski definition) is 6. The fraction of sp³-hybridized carbons (Fsp3) is 0.0909. The van der Waals surface area contributed by atoms with E-state index in [4.69, 9.17) is 11.6 Å². The number of halogens is 2. The second kappa shape index (κ2) is 6.02. The number of rotatable bonds is 4. The first kappa shape index (κ1) is 14.5. The molecule has 2 aromatic rings. The van der Waals surface area contributed by atoms with Crippen molar-refractivity contribution in [2.75, 3.05) is 17.7 Å². The number of nitrogens with zero attached hydrogens (tertiary/aromatic N) is 3. The number of nitrogens with one attached hydrogen (secondary N) is 2. The highest BCUT2D eigenvalue weighted by Crippen LogP contribution is 2.34. The van der Waals surface area contributed by atoms with Crippen LogP contribution < -0.4 is 10.6 Å². The van der Waals surface area contributed by atoms with Crippen LogP contribution in [0.3, 0.4) is 0 Å². The Morgan fingerprint density at radius 2 is 2.20 bits per heavy atom. The van der Waals surface area contributed by atoms with E-state index >= 15 is 0 Å². The molecule has 0 saturated carbocycles. The lowest BCUT2D eigenvalue weighted by Gasteiger charge is -2.09. The van der Waals surface area contributed by atoms with E-state index in [2.05, 4.69) is 36.5 Å². The molecule has 0 aliphatic rings. The van der Waals surface area contributed by atoms with Crippen molar-refractivity contribution < 1.29 is 4.92 Å². The highest BCUT2D eigenvalue weighted by Gasteiger charge is 2.18. The Bertz CT molecular complexity index is 667. The normalized spacial score (nSPS) is 10.2. The van der Waals surface area contributed by atoms with E-state index in [1.165, 1.54) is 0 Å². The van der Waals surface area contributed by atoms with Gasteiger partial charge in [-0.05, 0) is 28.1 Å². The van der Waals surface area contributed by atoms with E-state index in [0.717, 1.165) is 6.20 Å². The summed E-state index contributed by atoms with van der Waals surface area (Å²) in [5.41, 5.74) is 0.345. The van der Waals surface area contributed by atoms with Crippen LogP contribution in [0.4, 0.5) is 23.1 Å². The maximum Gasteiger partial charge on any atom is 0.329 e. The second-order valence-corrected chi connectivity index (χ2v) is 4.86. The van der Waals surface area contributed by atoms with Gasteiger partial charge in [-0.1, -0.05) is 17.7 Å². The van der Waals surface area contributed by atoms with Crippen LogP contribution >= 0.6 is 27.5 Å². The van der Waals surface area contributed by atoms with Crippen LogP contribution in [-0.2, 0) is 0 Å². The SMILES string of the molecule is CNc1ncc([N+](=O)[O-])c(Nc2cccc(Cl)c2Br)n1. The van der Waals surface area contributed by atoms with Crippen LogP contribution in [0, 0.1) is 10.1 Å². The average Bonchev–Trinajstić information content (AvgIpc) is 2.43. The molecule has 1 aromatic carbocycles. The molecular formula is C11H9BrClN5O2. The summed E-state index contributed by atoms with van der Waals surface area (Å²) in [7, 11) is 1.63. The highest BCUT2D eigenvalue weighted by atomic mass is 79.9. The van der Waals surface area contributed by atoms with Gasteiger partial charge in [0.25, 0.3) is 0 Å². The predicted molar refractivity (Wildman–Crippen MR) is 80.7 cm³/mol. The molecule has 104 valence electrons. The standard InChI is InChI=1S/C11H9BrClN5O2/c1-14-11-15-5-8(18(19)20)10(17-11)16-7-4-2-3-6(13)9(7)12/h2-5H,1H3,(H2,14,15,16,17). The van der Waals surface area contributed by atoms with Gasteiger partial charge in [0, 0.05) is 7.05 Å². The Morgan fingerprint density at radius 3 is 2.85 bits per heavy atom. The van der Waals surface area contributed by atoms with Crippen molar-refractivity contribution in [2.24, 2.45) is 0 Å². The summed E-state index contributed by atoms with van der Waals surface area (Å²) in [6.45, 7) is 0. The van der Waals surface area contributed by atoms with Gasteiger partial charge < -0.3 is 10.6 Å². The van der Waals surface area contributed by atoms with Gasteiger partial charge in [-0.25, -0.2) is 4.98 Å². The Kier molecular flexibility index (Phi) is 4.35. The van der Waals surface area contributed by atoms with Gasteiger partial charge in [-0.2, -0.15) is 4.98 Å². The molecule has 0 radical (unpaired) electrons. The van der Waals surface area contributed by atoms with Crippen LogP contribution in [0.15, 0.2) is 28.9 Å². The molecular weight excluding hydrogens is 350 g/mol. The summed E-state index contributed by atoms with van der Waals surface area (Å²) in [6.07, 6.45) is 1.14. The molecule has 0 amide bonds. The van der Waals surface area contributed by atoms with Crippen LogP contribution in [0.5, 0.6) is 0 Å². The predicted octanol–water partition coefficient (Wildman–Crippen LogP) is 3.59. The molecule has 0 saturated heterocycles. The van der Waals surface area contributed by atoms with Crippen molar-refractivity contribution in [1.82, 2.24) is 9.97 Å². The number of nitro groups is 1. The van der Waals surface area contributed by atoms with Crippen molar-refractivity contribution in [3.05, 3.63) is 44.0 Å². The van der Waals surface area contributed by atoms with E-state index in [1.54, 1.807) is 25.2 Å². The summed E-state index contributed by atoms with van der Waals surface area (Å²) in [5, 5.41) is 17.1. The fourth-order valence-electron chi connectivity index (χ4n) is 1.45. The third kappa shape index (κ3) is 2.97. The lowest BCUT2D eigenvalue weighted by Crippen LogP contribution is -2.04. The van der Waals surface area contributed by atoms with Crippen molar-refractivity contribution in [2.45, 2.75) is 0 Å². The highest BCUT2D eigenvalue weighted by molar-refractivity contribution is 9.10. The molecule has 9 heteroatoms. The number of benzene rings is 1. The molecule has 1 aromatic heterocycles. The van der Waals surface area contributed by atoms with Crippen molar-refractivity contribution in [3.63, 3.8) is 0 Å². The zero-order chi connectivity index (χ0) is 14.7. The molecule has 0 fully saturated rings. The summed E-state index contributed by atoms with van der Waals surface area (Å²) in [5.74, 6) is 0.355. The van der Waals surface area contributed by atoms with E-state index in [0.29, 0.717) is 15.2 Å². The van der Waals surface area contributed by atoms with E-state index < -0.39 is 4.92 Å². The van der Waals surface area contributed by atoms with E-state index in [9.17, 15) is 10.1 Å². The zero-order valence-electron chi connectivity index (χ0n) is 10.2. The summed E-state index contributed by atoms with van der Waals surface area (Å²) >= 11 is 9.29. The number of hydrogen-bond donors (Lipinski definition) is 2. The first-order valence-corrected chi connectivity index (χ1v) is 6.60.